The standard InChI is InChI=1S/C21H27N3O2/c1-17-8-9-20(26-2)19(16-17)22-21(25)24-14-12-23(13-15-24)11-10-18-6-4-3-5-7-18/h3-9,16H,10-15H2,1-2H3,(H,22,25)/p+1. The van der Waals surface area contributed by atoms with Crippen LogP contribution < -0.4 is 15.0 Å². The van der Waals surface area contributed by atoms with Crippen LogP contribution in [0, 0.1) is 6.92 Å². The number of benzene rings is 2. The zero-order chi connectivity index (χ0) is 18.4. The molecule has 2 aromatic carbocycles. The van der Waals surface area contributed by atoms with Crippen LogP contribution in [0.2, 0.25) is 0 Å². The highest BCUT2D eigenvalue weighted by atomic mass is 16.5. The Labute approximate surface area is 155 Å². The van der Waals surface area contributed by atoms with Crippen LogP contribution >= 0.6 is 0 Å². The van der Waals surface area contributed by atoms with E-state index < -0.39 is 0 Å². The third-order valence-corrected chi connectivity index (χ3v) is 4.96. The van der Waals surface area contributed by atoms with Gasteiger partial charge in [0.05, 0.1) is 45.5 Å². The first-order chi connectivity index (χ1) is 12.7. The number of nitrogens with one attached hydrogen (secondary N) is 2. The molecular weight excluding hydrogens is 326 g/mol. The van der Waals surface area contributed by atoms with Gasteiger partial charge in [0.1, 0.15) is 5.75 Å². The van der Waals surface area contributed by atoms with Crippen molar-refractivity contribution in [3.05, 3.63) is 59.7 Å². The molecule has 1 aliphatic rings. The van der Waals surface area contributed by atoms with E-state index in [-0.39, 0.29) is 6.03 Å². The lowest BCUT2D eigenvalue weighted by Crippen LogP contribution is -3.15. The van der Waals surface area contributed by atoms with Gasteiger partial charge in [0, 0.05) is 6.42 Å². The molecule has 1 heterocycles. The Morgan fingerprint density at radius 2 is 1.88 bits per heavy atom. The number of hydrogen-bond donors (Lipinski definition) is 2. The first-order valence-electron chi connectivity index (χ1n) is 9.24. The number of rotatable bonds is 5. The molecular formula is C21H28N3O2+. The van der Waals surface area contributed by atoms with Gasteiger partial charge in [-0.3, -0.25) is 0 Å². The fourth-order valence-corrected chi connectivity index (χ4v) is 3.36. The number of ether oxygens (including phenoxy) is 1. The summed E-state index contributed by atoms with van der Waals surface area (Å²) in [6, 6.07) is 16.3. The van der Waals surface area contributed by atoms with E-state index in [1.165, 1.54) is 5.56 Å². The molecule has 2 amide bonds. The molecule has 138 valence electrons. The molecule has 0 aromatic heterocycles. The highest BCUT2D eigenvalue weighted by molar-refractivity contribution is 5.91. The van der Waals surface area contributed by atoms with E-state index in [4.69, 9.17) is 4.74 Å². The van der Waals surface area contributed by atoms with E-state index in [1.807, 2.05) is 30.0 Å². The highest BCUT2D eigenvalue weighted by Crippen LogP contribution is 2.25. The van der Waals surface area contributed by atoms with Gasteiger partial charge in [0.25, 0.3) is 0 Å². The van der Waals surface area contributed by atoms with Gasteiger partial charge in [-0.1, -0.05) is 36.4 Å². The Bertz CT molecular complexity index is 725. The number of methoxy groups -OCH3 is 1. The van der Waals surface area contributed by atoms with Crippen LogP contribution in [0.3, 0.4) is 0 Å². The second-order valence-corrected chi connectivity index (χ2v) is 6.86. The maximum Gasteiger partial charge on any atom is 0.322 e. The van der Waals surface area contributed by atoms with Gasteiger partial charge in [0.15, 0.2) is 0 Å². The normalized spacial score (nSPS) is 14.9. The monoisotopic (exact) mass is 354 g/mol. The lowest BCUT2D eigenvalue weighted by molar-refractivity contribution is -0.903. The summed E-state index contributed by atoms with van der Waals surface area (Å²) in [5, 5.41) is 3.00. The molecule has 26 heavy (non-hydrogen) atoms. The lowest BCUT2D eigenvalue weighted by Gasteiger charge is -2.32. The van der Waals surface area contributed by atoms with Crippen molar-refractivity contribution in [3.8, 4) is 5.75 Å². The predicted octanol–water partition coefficient (Wildman–Crippen LogP) is 1.98. The molecule has 1 fully saturated rings. The molecule has 0 spiro atoms. The van der Waals surface area contributed by atoms with E-state index in [0.29, 0.717) is 5.75 Å². The minimum atomic E-state index is -0.0454. The van der Waals surface area contributed by atoms with Gasteiger partial charge < -0.3 is 19.9 Å². The second kappa shape index (κ2) is 8.72. The van der Waals surface area contributed by atoms with Gasteiger partial charge in [-0.2, -0.15) is 0 Å². The van der Waals surface area contributed by atoms with Crippen molar-refractivity contribution in [1.82, 2.24) is 4.90 Å². The average molecular weight is 354 g/mol. The third-order valence-electron chi connectivity index (χ3n) is 4.96. The fraction of sp³-hybridized carbons (Fsp3) is 0.381. The quantitative estimate of drug-likeness (QED) is 0.862. The van der Waals surface area contributed by atoms with Crippen molar-refractivity contribution in [2.75, 3.05) is 45.2 Å². The lowest BCUT2D eigenvalue weighted by atomic mass is 10.1. The van der Waals surface area contributed by atoms with E-state index in [9.17, 15) is 4.79 Å². The summed E-state index contributed by atoms with van der Waals surface area (Å²) in [6.07, 6.45) is 1.09. The van der Waals surface area contributed by atoms with Crippen LogP contribution in [0.5, 0.6) is 5.75 Å². The van der Waals surface area contributed by atoms with Gasteiger partial charge in [-0.05, 0) is 30.2 Å². The number of hydrogen-bond acceptors (Lipinski definition) is 2. The zero-order valence-electron chi connectivity index (χ0n) is 15.6. The molecule has 0 bridgehead atoms. The SMILES string of the molecule is COc1ccc(C)cc1NC(=O)N1CC[NH+](CCc2ccccc2)CC1. The second-order valence-electron chi connectivity index (χ2n) is 6.86. The molecule has 2 aromatic rings. The topological polar surface area (TPSA) is 46.0 Å². The maximum atomic E-state index is 12.6. The predicted molar refractivity (Wildman–Crippen MR) is 104 cm³/mol. The number of urea groups is 1. The van der Waals surface area contributed by atoms with Crippen LogP contribution in [0.25, 0.3) is 0 Å². The maximum absolute atomic E-state index is 12.6. The average Bonchev–Trinajstić information content (AvgIpc) is 2.68. The van der Waals surface area contributed by atoms with Crippen LogP contribution in [-0.4, -0.2) is 50.8 Å². The number of quaternary nitrogens is 1. The van der Waals surface area contributed by atoms with E-state index in [1.54, 1.807) is 12.0 Å². The van der Waals surface area contributed by atoms with Crippen molar-refractivity contribution in [1.29, 1.82) is 0 Å². The van der Waals surface area contributed by atoms with Crippen LogP contribution in [-0.2, 0) is 6.42 Å². The Morgan fingerprint density at radius 3 is 2.58 bits per heavy atom. The first kappa shape index (κ1) is 18.3. The van der Waals surface area contributed by atoms with E-state index >= 15 is 0 Å². The number of aryl methyl sites for hydroxylation is 1. The molecule has 0 unspecified atom stereocenters. The molecule has 5 nitrogen and oxygen atoms in total. The van der Waals surface area contributed by atoms with Gasteiger partial charge >= 0.3 is 6.03 Å². The minimum absolute atomic E-state index is 0.0454. The number of anilines is 1. The van der Waals surface area contributed by atoms with Crippen molar-refractivity contribution < 1.29 is 14.4 Å². The molecule has 0 radical (unpaired) electrons. The summed E-state index contributed by atoms with van der Waals surface area (Å²) in [5.74, 6) is 0.691. The number of piperazine rings is 1. The smallest absolute Gasteiger partial charge is 0.322 e. The Kier molecular flexibility index (Phi) is 6.12. The number of amides is 2. The van der Waals surface area contributed by atoms with Crippen molar-refractivity contribution >= 4 is 11.7 Å². The largest absolute Gasteiger partial charge is 0.495 e. The number of nitrogens with zero attached hydrogens (tertiary/aromatic N) is 1. The van der Waals surface area contributed by atoms with Crippen LogP contribution in [0.15, 0.2) is 48.5 Å². The number of carbonyl (C=O) groups is 1. The summed E-state index contributed by atoms with van der Waals surface area (Å²) in [7, 11) is 1.62. The van der Waals surface area contributed by atoms with E-state index in [2.05, 4.69) is 35.6 Å². The molecule has 0 atom stereocenters. The highest BCUT2D eigenvalue weighted by Gasteiger charge is 2.24. The van der Waals surface area contributed by atoms with Gasteiger partial charge in [-0.15, -0.1) is 0 Å². The van der Waals surface area contributed by atoms with Crippen molar-refractivity contribution in [2.24, 2.45) is 0 Å². The summed E-state index contributed by atoms with van der Waals surface area (Å²) in [4.78, 5) is 16.0. The minimum Gasteiger partial charge on any atom is -0.495 e. The van der Waals surface area contributed by atoms with Gasteiger partial charge in [0.2, 0.25) is 0 Å². The molecule has 0 aliphatic carbocycles. The Balaban J connectivity index is 1.48. The first-order valence-corrected chi connectivity index (χ1v) is 9.24. The molecule has 1 aliphatic heterocycles. The summed E-state index contributed by atoms with van der Waals surface area (Å²) >= 11 is 0. The zero-order valence-corrected chi connectivity index (χ0v) is 15.6. The molecule has 0 saturated carbocycles. The van der Waals surface area contributed by atoms with Crippen molar-refractivity contribution in [2.45, 2.75) is 13.3 Å². The summed E-state index contributed by atoms with van der Waals surface area (Å²) < 4.78 is 5.34. The van der Waals surface area contributed by atoms with Crippen LogP contribution in [0.1, 0.15) is 11.1 Å². The van der Waals surface area contributed by atoms with Crippen molar-refractivity contribution in [3.63, 3.8) is 0 Å². The van der Waals surface area contributed by atoms with Gasteiger partial charge in [-0.25, -0.2) is 4.79 Å². The summed E-state index contributed by atoms with van der Waals surface area (Å²) in [5.41, 5.74) is 3.21. The van der Waals surface area contributed by atoms with Crippen LogP contribution in [0.4, 0.5) is 10.5 Å². The fourth-order valence-electron chi connectivity index (χ4n) is 3.36. The molecule has 5 heteroatoms. The molecule has 1 saturated heterocycles. The third kappa shape index (κ3) is 4.76. The van der Waals surface area contributed by atoms with E-state index in [0.717, 1.165) is 50.4 Å². The number of carbonyl (C=O) groups excluding carboxylic acids is 1. The molecule has 3 rings (SSSR count). The molecule has 2 N–H and O–H groups in total. The Morgan fingerprint density at radius 1 is 1.15 bits per heavy atom. The summed E-state index contributed by atoms with van der Waals surface area (Å²) in [6.45, 7) is 6.67. The Hall–Kier alpha value is -2.53.